The number of aliphatic hydroxyl groups excluding tert-OH is 1. The van der Waals surface area contributed by atoms with Crippen molar-refractivity contribution >= 4 is 17.5 Å². The van der Waals surface area contributed by atoms with Crippen LogP contribution in [0.4, 0.5) is 4.39 Å². The first-order valence-corrected chi connectivity index (χ1v) is 8.53. The van der Waals surface area contributed by atoms with Gasteiger partial charge in [0, 0.05) is 29.5 Å². The monoisotopic (exact) mass is 366 g/mol. The lowest BCUT2D eigenvalue weighted by Gasteiger charge is -2.36. The largest absolute Gasteiger partial charge is 0.386 e. The van der Waals surface area contributed by atoms with Crippen LogP contribution in [0.5, 0.6) is 0 Å². The van der Waals surface area contributed by atoms with Crippen LogP contribution in [0.1, 0.15) is 24.5 Å². The van der Waals surface area contributed by atoms with E-state index in [1.807, 2.05) is 0 Å². The van der Waals surface area contributed by atoms with Gasteiger partial charge in [-0.15, -0.1) is 0 Å². The lowest BCUT2D eigenvalue weighted by Crippen LogP contribution is -2.55. The van der Waals surface area contributed by atoms with Gasteiger partial charge in [-0.3, -0.25) is 9.48 Å². The van der Waals surface area contributed by atoms with Gasteiger partial charge in [0.25, 0.3) is 0 Å². The topological polar surface area (TPSA) is 79.2 Å². The highest BCUT2D eigenvalue weighted by molar-refractivity contribution is 6.31. The second-order valence-electron chi connectivity index (χ2n) is 6.09. The summed E-state index contributed by atoms with van der Waals surface area (Å²) in [5.41, 5.74) is -0.823. The molecule has 1 aliphatic rings. The summed E-state index contributed by atoms with van der Waals surface area (Å²) >= 11 is 5.96. The molecule has 1 unspecified atom stereocenters. The average Bonchev–Trinajstić information content (AvgIpc) is 3.15. The molecule has 1 atom stereocenters. The maximum atomic E-state index is 13.9. The molecule has 2 heterocycles. The van der Waals surface area contributed by atoms with Gasteiger partial charge < -0.3 is 15.7 Å². The first-order valence-electron chi connectivity index (χ1n) is 8.16. The summed E-state index contributed by atoms with van der Waals surface area (Å²) in [4.78, 5) is 12.9. The number of nitrogens with one attached hydrogen (secondary N) is 2. The second-order valence-corrected chi connectivity index (χ2v) is 6.50. The molecule has 0 aliphatic carbocycles. The molecule has 0 saturated carbocycles. The van der Waals surface area contributed by atoms with E-state index in [2.05, 4.69) is 15.7 Å². The number of benzene rings is 1. The highest BCUT2D eigenvalue weighted by Gasteiger charge is 2.42. The van der Waals surface area contributed by atoms with Crippen molar-refractivity contribution in [3.8, 4) is 0 Å². The van der Waals surface area contributed by atoms with Crippen LogP contribution < -0.4 is 10.6 Å². The lowest BCUT2D eigenvalue weighted by atomic mass is 9.87. The fourth-order valence-electron chi connectivity index (χ4n) is 3.21. The maximum absolute atomic E-state index is 13.9. The van der Waals surface area contributed by atoms with Crippen LogP contribution in [0, 0.1) is 5.82 Å². The van der Waals surface area contributed by atoms with Crippen LogP contribution in [-0.4, -0.2) is 40.4 Å². The van der Waals surface area contributed by atoms with Gasteiger partial charge in [-0.2, -0.15) is 5.10 Å². The van der Waals surface area contributed by atoms with Crippen LogP contribution >= 0.6 is 11.6 Å². The quantitative estimate of drug-likeness (QED) is 0.751. The Morgan fingerprint density at radius 1 is 1.44 bits per heavy atom. The fourth-order valence-corrected chi connectivity index (χ4v) is 3.50. The molecule has 8 heteroatoms. The summed E-state index contributed by atoms with van der Waals surface area (Å²) in [6, 6.07) is 5.96. The molecule has 0 spiro atoms. The minimum atomic E-state index is -1.23. The summed E-state index contributed by atoms with van der Waals surface area (Å²) in [7, 11) is 0. The van der Waals surface area contributed by atoms with Crippen molar-refractivity contribution in [3.05, 3.63) is 53.1 Å². The second kappa shape index (κ2) is 7.51. The Morgan fingerprint density at radius 2 is 2.20 bits per heavy atom. The first kappa shape index (κ1) is 17.8. The Kier molecular flexibility index (Phi) is 5.36. The smallest absolute Gasteiger partial charge is 0.248 e. The van der Waals surface area contributed by atoms with Gasteiger partial charge in [-0.25, -0.2) is 4.39 Å². The Hall–Kier alpha value is -1.96. The number of piperidine rings is 1. The van der Waals surface area contributed by atoms with Crippen LogP contribution in [0.2, 0.25) is 5.02 Å². The normalized spacial score (nSPS) is 17.9. The van der Waals surface area contributed by atoms with E-state index in [-0.39, 0.29) is 23.0 Å². The molecule has 25 heavy (non-hydrogen) atoms. The molecule has 3 rings (SSSR count). The Morgan fingerprint density at radius 3 is 2.84 bits per heavy atom. The zero-order valence-corrected chi connectivity index (χ0v) is 14.3. The van der Waals surface area contributed by atoms with Crippen LogP contribution in [0.3, 0.4) is 0 Å². The lowest BCUT2D eigenvalue weighted by molar-refractivity contribution is -0.132. The van der Waals surface area contributed by atoms with Gasteiger partial charge in [-0.05, 0) is 44.1 Å². The van der Waals surface area contributed by atoms with E-state index in [4.69, 9.17) is 11.6 Å². The molecule has 0 bridgehead atoms. The average molecular weight is 367 g/mol. The minimum absolute atomic E-state index is 0.0112. The number of aliphatic hydroxyl groups is 1. The predicted molar refractivity (Wildman–Crippen MR) is 91.7 cm³/mol. The van der Waals surface area contributed by atoms with E-state index in [1.165, 1.54) is 18.2 Å². The number of rotatable bonds is 5. The van der Waals surface area contributed by atoms with Gasteiger partial charge in [-0.1, -0.05) is 17.7 Å². The van der Waals surface area contributed by atoms with Gasteiger partial charge in [0.15, 0.2) is 0 Å². The van der Waals surface area contributed by atoms with E-state index in [0.717, 1.165) is 0 Å². The molecule has 0 radical (unpaired) electrons. The number of carbonyl (C=O) groups is 1. The Labute approximate surface area is 150 Å². The van der Waals surface area contributed by atoms with Crippen molar-refractivity contribution in [2.75, 3.05) is 19.6 Å². The third kappa shape index (κ3) is 3.53. The summed E-state index contributed by atoms with van der Waals surface area (Å²) in [6.45, 7) is 1.25. The predicted octanol–water partition coefficient (Wildman–Crippen LogP) is 1.60. The van der Waals surface area contributed by atoms with E-state index in [0.29, 0.717) is 25.9 Å². The SMILES string of the molecule is O=C(NCC(O)c1c(F)cccc1Cl)C1(n2cccn2)CCNCC1. The van der Waals surface area contributed by atoms with Crippen molar-refractivity contribution in [2.45, 2.75) is 24.5 Å². The van der Waals surface area contributed by atoms with Crippen LogP contribution in [0.15, 0.2) is 36.7 Å². The molecule has 2 aromatic rings. The summed E-state index contributed by atoms with van der Waals surface area (Å²) in [6.07, 6.45) is 3.32. The van der Waals surface area contributed by atoms with Crippen molar-refractivity contribution in [1.82, 2.24) is 20.4 Å². The number of amides is 1. The summed E-state index contributed by atoms with van der Waals surface area (Å²) < 4.78 is 15.6. The molecule has 1 saturated heterocycles. The molecule has 1 amide bonds. The van der Waals surface area contributed by atoms with Gasteiger partial charge in [0.1, 0.15) is 17.5 Å². The Balaban J connectivity index is 1.74. The molecule has 1 aromatic heterocycles. The number of hydrogen-bond acceptors (Lipinski definition) is 4. The Bertz CT molecular complexity index is 712. The molecule has 1 aromatic carbocycles. The molecule has 1 fully saturated rings. The molecule has 3 N–H and O–H groups in total. The number of aromatic nitrogens is 2. The highest BCUT2D eigenvalue weighted by Crippen LogP contribution is 2.28. The van der Waals surface area contributed by atoms with Crippen molar-refractivity contribution in [1.29, 1.82) is 0 Å². The molecular formula is C17H20ClFN4O2. The number of halogens is 2. The number of nitrogens with zero attached hydrogens (tertiary/aromatic N) is 2. The zero-order chi connectivity index (χ0) is 17.9. The standard InChI is InChI=1S/C17H20ClFN4O2/c18-12-3-1-4-13(19)15(12)14(24)11-21-16(25)17(5-8-20-9-6-17)23-10-2-7-22-23/h1-4,7,10,14,20,24H,5-6,8-9,11H2,(H,21,25). The van der Waals surface area contributed by atoms with Crippen molar-refractivity contribution < 1.29 is 14.3 Å². The summed E-state index contributed by atoms with van der Waals surface area (Å²) in [5.74, 6) is -0.845. The van der Waals surface area contributed by atoms with Crippen LogP contribution in [-0.2, 0) is 10.3 Å². The third-order valence-corrected chi connectivity index (χ3v) is 4.91. The number of carbonyl (C=O) groups excluding carboxylic acids is 1. The summed E-state index contributed by atoms with van der Waals surface area (Å²) in [5, 5.41) is 20.6. The van der Waals surface area contributed by atoms with Gasteiger partial charge in [0.05, 0.1) is 0 Å². The van der Waals surface area contributed by atoms with E-state index < -0.39 is 17.5 Å². The van der Waals surface area contributed by atoms with Crippen molar-refractivity contribution in [3.63, 3.8) is 0 Å². The molecule has 6 nitrogen and oxygen atoms in total. The number of hydrogen-bond donors (Lipinski definition) is 3. The maximum Gasteiger partial charge on any atom is 0.248 e. The zero-order valence-electron chi connectivity index (χ0n) is 13.6. The van der Waals surface area contributed by atoms with E-state index in [1.54, 1.807) is 23.1 Å². The first-order chi connectivity index (χ1) is 12.0. The van der Waals surface area contributed by atoms with Crippen LogP contribution in [0.25, 0.3) is 0 Å². The van der Waals surface area contributed by atoms with E-state index in [9.17, 15) is 14.3 Å². The molecular weight excluding hydrogens is 347 g/mol. The fraction of sp³-hybridized carbons (Fsp3) is 0.412. The molecule has 134 valence electrons. The van der Waals surface area contributed by atoms with Crippen molar-refractivity contribution in [2.24, 2.45) is 0 Å². The van der Waals surface area contributed by atoms with Gasteiger partial charge >= 0.3 is 0 Å². The third-order valence-electron chi connectivity index (χ3n) is 4.59. The molecule has 1 aliphatic heterocycles. The van der Waals surface area contributed by atoms with Gasteiger partial charge in [0.2, 0.25) is 5.91 Å². The minimum Gasteiger partial charge on any atom is -0.386 e. The van der Waals surface area contributed by atoms with E-state index >= 15 is 0 Å². The highest BCUT2D eigenvalue weighted by atomic mass is 35.5.